The maximum Gasteiger partial charge on any atom is 0.338 e. The minimum Gasteiger partial charge on any atom is -0.461 e. The van der Waals surface area contributed by atoms with E-state index in [-0.39, 0.29) is 28.4 Å². The van der Waals surface area contributed by atoms with Gasteiger partial charge in [-0.25, -0.2) is 14.4 Å². The van der Waals surface area contributed by atoms with Gasteiger partial charge in [0.05, 0.1) is 29.5 Å². The maximum atomic E-state index is 13.3. The second-order valence-electron chi connectivity index (χ2n) is 9.90. The summed E-state index contributed by atoms with van der Waals surface area (Å²) in [7, 11) is 0. The lowest BCUT2D eigenvalue weighted by atomic mass is 10.0. The Balaban J connectivity index is 1.45. The second kappa shape index (κ2) is 15.4. The Morgan fingerprint density at radius 3 is 1.70 bits per heavy atom. The number of thiocarbonyl (C=S) groups is 1. The zero-order chi connectivity index (χ0) is 32.3. The summed E-state index contributed by atoms with van der Waals surface area (Å²) in [6, 6.07) is 31.6. The molecule has 4 aromatic rings. The number of nitrogens with two attached hydrogens (primary N) is 1. The minimum atomic E-state index is -1.36. The van der Waals surface area contributed by atoms with Crippen molar-refractivity contribution in [1.82, 2.24) is 5.43 Å². The molecule has 5 rings (SSSR count). The predicted molar refractivity (Wildman–Crippen MR) is 171 cm³/mol. The first kappa shape index (κ1) is 31.8. The van der Waals surface area contributed by atoms with Crippen molar-refractivity contribution >= 4 is 41.5 Å². The molecule has 4 aromatic carbocycles. The van der Waals surface area contributed by atoms with Crippen LogP contribution in [-0.2, 0) is 18.9 Å². The summed E-state index contributed by atoms with van der Waals surface area (Å²) in [6.45, 7) is -0.231. The topological polar surface area (TPSA) is 148 Å². The normalized spacial score (nSPS) is 19.0. The van der Waals surface area contributed by atoms with Crippen LogP contribution in [0.2, 0.25) is 0 Å². The molecule has 1 fully saturated rings. The van der Waals surface area contributed by atoms with Gasteiger partial charge in [-0.2, -0.15) is 5.10 Å². The van der Waals surface area contributed by atoms with Crippen LogP contribution < -0.4 is 15.9 Å². The van der Waals surface area contributed by atoms with E-state index in [0.29, 0.717) is 11.3 Å². The van der Waals surface area contributed by atoms with Crippen LogP contribution >= 0.6 is 12.2 Å². The number of hydrogen-bond donors (Lipinski definition) is 2. The number of rotatable bonds is 10. The molecule has 11 nitrogen and oxygen atoms in total. The lowest BCUT2D eigenvalue weighted by Gasteiger charge is -2.40. The van der Waals surface area contributed by atoms with Crippen LogP contribution in [0.3, 0.4) is 0 Å². The fourth-order valence-corrected chi connectivity index (χ4v) is 4.51. The lowest BCUT2D eigenvalue weighted by Crippen LogP contribution is -2.59. The number of hydrogen-bond acceptors (Lipinski definition) is 10. The number of carbonyl (C=O) groups is 3. The molecule has 46 heavy (non-hydrogen) atoms. The fourth-order valence-electron chi connectivity index (χ4n) is 4.46. The summed E-state index contributed by atoms with van der Waals surface area (Å²) in [5, 5.41) is 3.95. The summed E-state index contributed by atoms with van der Waals surface area (Å²) in [5.41, 5.74) is 9.33. The molecular weight excluding hydrogens is 610 g/mol. The van der Waals surface area contributed by atoms with Gasteiger partial charge in [0.25, 0.3) is 0 Å². The predicted octanol–water partition coefficient (Wildman–Crippen LogP) is 4.27. The van der Waals surface area contributed by atoms with Crippen LogP contribution in [0, 0.1) is 0 Å². The van der Waals surface area contributed by atoms with E-state index in [2.05, 4.69) is 10.5 Å². The molecule has 0 aliphatic carbocycles. The van der Waals surface area contributed by atoms with E-state index in [1.807, 2.05) is 0 Å². The van der Waals surface area contributed by atoms with Crippen molar-refractivity contribution in [2.24, 2.45) is 10.8 Å². The number of carbonyl (C=O) groups excluding carboxylic acids is 3. The molecule has 0 aromatic heterocycles. The van der Waals surface area contributed by atoms with E-state index in [9.17, 15) is 14.4 Å². The summed E-state index contributed by atoms with van der Waals surface area (Å²) >= 11 is 4.74. The van der Waals surface area contributed by atoms with Crippen molar-refractivity contribution in [2.45, 2.75) is 24.6 Å². The van der Waals surface area contributed by atoms with Gasteiger partial charge in [-0.05, 0) is 78.4 Å². The smallest absolute Gasteiger partial charge is 0.338 e. The van der Waals surface area contributed by atoms with Crippen LogP contribution in [0.25, 0.3) is 0 Å². The maximum absolute atomic E-state index is 13.3. The number of hydrazone groups is 1. The quantitative estimate of drug-likeness (QED) is 0.0843. The van der Waals surface area contributed by atoms with Crippen LogP contribution in [0.4, 0.5) is 0 Å². The van der Waals surface area contributed by atoms with Gasteiger partial charge in [0.15, 0.2) is 17.3 Å². The first-order valence-corrected chi connectivity index (χ1v) is 14.5. The third-order valence-electron chi connectivity index (χ3n) is 6.68. The minimum absolute atomic E-state index is 0.0250. The van der Waals surface area contributed by atoms with Gasteiger partial charge in [-0.3, -0.25) is 5.43 Å². The molecule has 1 aliphatic rings. The van der Waals surface area contributed by atoms with Crippen molar-refractivity contribution in [3.8, 4) is 5.75 Å². The molecule has 0 radical (unpaired) electrons. The van der Waals surface area contributed by atoms with Crippen molar-refractivity contribution in [1.29, 1.82) is 0 Å². The van der Waals surface area contributed by atoms with Crippen LogP contribution in [-0.4, -0.2) is 60.4 Å². The summed E-state index contributed by atoms with van der Waals surface area (Å²) < 4.78 is 29.7. The van der Waals surface area contributed by atoms with Gasteiger partial charge in [0.1, 0.15) is 5.75 Å². The highest BCUT2D eigenvalue weighted by Crippen LogP contribution is 2.29. The first-order valence-electron chi connectivity index (χ1n) is 14.1. The molecule has 1 aliphatic heterocycles. The summed E-state index contributed by atoms with van der Waals surface area (Å²) in [6.07, 6.45) is -3.59. The van der Waals surface area contributed by atoms with Gasteiger partial charge < -0.3 is 29.4 Å². The van der Waals surface area contributed by atoms with Gasteiger partial charge in [0.2, 0.25) is 12.4 Å². The fraction of sp³-hybridized carbons (Fsp3) is 0.147. The number of ether oxygens (including phenoxy) is 5. The lowest BCUT2D eigenvalue weighted by molar-refractivity contribution is -0.241. The van der Waals surface area contributed by atoms with Gasteiger partial charge in [-0.1, -0.05) is 54.6 Å². The molecular formula is C34H29N3O8S. The van der Waals surface area contributed by atoms with E-state index in [4.69, 9.17) is 41.6 Å². The highest BCUT2D eigenvalue weighted by molar-refractivity contribution is 7.80. The Morgan fingerprint density at radius 1 is 0.717 bits per heavy atom. The summed E-state index contributed by atoms with van der Waals surface area (Å²) in [4.78, 5) is 39.8. The second-order valence-corrected chi connectivity index (χ2v) is 10.3. The Kier molecular flexibility index (Phi) is 10.7. The third-order valence-corrected chi connectivity index (χ3v) is 6.77. The largest absolute Gasteiger partial charge is 0.461 e. The monoisotopic (exact) mass is 639 g/mol. The molecule has 234 valence electrons. The van der Waals surface area contributed by atoms with Crippen molar-refractivity contribution in [3.05, 3.63) is 138 Å². The van der Waals surface area contributed by atoms with Crippen LogP contribution in [0.5, 0.6) is 5.75 Å². The van der Waals surface area contributed by atoms with E-state index in [1.165, 1.54) is 6.21 Å². The van der Waals surface area contributed by atoms with Gasteiger partial charge >= 0.3 is 17.9 Å². The Bertz CT molecular complexity index is 1670. The van der Waals surface area contributed by atoms with Crippen molar-refractivity contribution in [2.75, 3.05) is 6.61 Å². The molecule has 0 bridgehead atoms. The third kappa shape index (κ3) is 8.52. The molecule has 4 atom stereocenters. The number of nitrogens with one attached hydrogen (secondary N) is 1. The SMILES string of the molecule is NC(=S)N/N=C\c1ccc(O[C@@H]2OC[C@@H](OC(=O)c3ccccc3)[C@H](OC(=O)c3ccccc3)[C@H]2OC(=O)c2ccccc2)cc1. The molecule has 1 saturated heterocycles. The molecule has 0 unspecified atom stereocenters. The highest BCUT2D eigenvalue weighted by atomic mass is 32.1. The first-order chi connectivity index (χ1) is 22.4. The van der Waals surface area contributed by atoms with Crippen LogP contribution in [0.15, 0.2) is 120 Å². The van der Waals surface area contributed by atoms with E-state index in [1.54, 1.807) is 115 Å². The molecule has 0 spiro atoms. The van der Waals surface area contributed by atoms with E-state index < -0.39 is 42.5 Å². The number of benzene rings is 4. The number of nitrogens with zero attached hydrogens (tertiary/aromatic N) is 1. The number of esters is 3. The zero-order valence-corrected chi connectivity index (χ0v) is 25.1. The van der Waals surface area contributed by atoms with E-state index in [0.717, 1.165) is 0 Å². The average Bonchev–Trinajstić information content (AvgIpc) is 3.08. The van der Waals surface area contributed by atoms with E-state index >= 15 is 0 Å². The van der Waals surface area contributed by atoms with Gasteiger partial charge in [0, 0.05) is 0 Å². The van der Waals surface area contributed by atoms with Crippen LogP contribution in [0.1, 0.15) is 36.6 Å². The average molecular weight is 640 g/mol. The van der Waals surface area contributed by atoms with Gasteiger partial charge in [-0.15, -0.1) is 0 Å². The highest BCUT2D eigenvalue weighted by Gasteiger charge is 2.49. The Hall–Kier alpha value is -5.59. The molecule has 0 saturated carbocycles. The standard InChI is InChI=1S/C34H29N3O8S/c35-34(46)37-36-20-22-16-18-26(19-17-22)42-33-29(45-32(40)25-14-8-3-9-15-25)28(44-31(39)24-12-6-2-7-13-24)27(21-41-33)43-30(38)23-10-4-1-5-11-23/h1-20,27-29,33H,21H2,(H3,35,37,46)/b36-20-/t27-,28+,29-,33+/m1/s1. The zero-order valence-electron chi connectivity index (χ0n) is 24.3. The van der Waals surface area contributed by atoms with Crippen molar-refractivity contribution < 1.29 is 38.1 Å². The molecule has 0 amide bonds. The summed E-state index contributed by atoms with van der Waals surface area (Å²) in [5.74, 6) is -1.78. The van der Waals surface area contributed by atoms with Crippen molar-refractivity contribution in [3.63, 3.8) is 0 Å². The molecule has 3 N–H and O–H groups in total. The Labute approximate surface area is 269 Å². The Morgan fingerprint density at radius 2 is 1.20 bits per heavy atom. The molecule has 12 heteroatoms. The molecule has 1 heterocycles.